The predicted octanol–water partition coefficient (Wildman–Crippen LogP) is 0.448. The van der Waals surface area contributed by atoms with Gasteiger partial charge in [-0.15, -0.1) is 0 Å². The monoisotopic (exact) mass is 262 g/mol. The molecule has 1 aromatic rings. The Morgan fingerprint density at radius 2 is 2.05 bits per heavy atom. The van der Waals surface area contributed by atoms with E-state index in [-0.39, 0.29) is 11.5 Å². The van der Waals surface area contributed by atoms with Crippen LogP contribution in [0.5, 0.6) is 0 Å². The standard InChI is InChI=1S/C13H18N4O2/c14-12-9(13(15)19)2-1-3-10(12)16-7-6-11(18)17-8-4-5-8/h1-3,8,16H,4-7,14H2,(H2,15,19)(H,17,18). The highest BCUT2D eigenvalue weighted by molar-refractivity contribution is 6.00. The highest BCUT2D eigenvalue weighted by Gasteiger charge is 2.22. The van der Waals surface area contributed by atoms with Crippen molar-refractivity contribution in [3.05, 3.63) is 23.8 Å². The van der Waals surface area contributed by atoms with Gasteiger partial charge in [0.2, 0.25) is 5.91 Å². The molecule has 0 aromatic heterocycles. The maximum atomic E-state index is 11.5. The number of hydrogen-bond acceptors (Lipinski definition) is 4. The number of para-hydroxylation sites is 1. The minimum atomic E-state index is -0.562. The van der Waals surface area contributed by atoms with Gasteiger partial charge in [0, 0.05) is 19.0 Å². The zero-order valence-electron chi connectivity index (χ0n) is 10.6. The van der Waals surface area contributed by atoms with Crippen molar-refractivity contribution in [1.29, 1.82) is 0 Å². The number of hydrogen-bond donors (Lipinski definition) is 4. The molecule has 6 nitrogen and oxygen atoms in total. The lowest BCUT2D eigenvalue weighted by Crippen LogP contribution is -2.27. The van der Waals surface area contributed by atoms with Gasteiger partial charge in [-0.3, -0.25) is 9.59 Å². The van der Waals surface area contributed by atoms with Gasteiger partial charge in [0.25, 0.3) is 5.91 Å². The predicted molar refractivity (Wildman–Crippen MR) is 73.6 cm³/mol. The molecule has 1 aliphatic carbocycles. The van der Waals surface area contributed by atoms with Gasteiger partial charge in [-0.2, -0.15) is 0 Å². The average molecular weight is 262 g/mol. The molecule has 0 bridgehead atoms. The summed E-state index contributed by atoms with van der Waals surface area (Å²) in [7, 11) is 0. The lowest BCUT2D eigenvalue weighted by molar-refractivity contribution is -0.120. The third-order valence-electron chi connectivity index (χ3n) is 2.98. The Morgan fingerprint density at radius 1 is 1.32 bits per heavy atom. The van der Waals surface area contributed by atoms with E-state index in [9.17, 15) is 9.59 Å². The number of nitrogens with one attached hydrogen (secondary N) is 2. The molecule has 0 heterocycles. The Balaban J connectivity index is 1.86. The lowest BCUT2D eigenvalue weighted by Gasteiger charge is -2.11. The van der Waals surface area contributed by atoms with Crippen molar-refractivity contribution in [2.45, 2.75) is 25.3 Å². The van der Waals surface area contributed by atoms with Crippen LogP contribution in [0.3, 0.4) is 0 Å². The Hall–Kier alpha value is -2.24. The van der Waals surface area contributed by atoms with Gasteiger partial charge in [0.05, 0.1) is 16.9 Å². The van der Waals surface area contributed by atoms with Crippen LogP contribution >= 0.6 is 0 Å². The van der Waals surface area contributed by atoms with Crippen molar-refractivity contribution in [2.75, 3.05) is 17.6 Å². The molecule has 6 N–H and O–H groups in total. The van der Waals surface area contributed by atoms with Crippen LogP contribution in [0.15, 0.2) is 18.2 Å². The van der Waals surface area contributed by atoms with E-state index in [0.717, 1.165) is 12.8 Å². The first kappa shape index (κ1) is 13.2. The summed E-state index contributed by atoms with van der Waals surface area (Å²) in [5.74, 6) is -0.535. The molecule has 2 amide bonds. The first-order chi connectivity index (χ1) is 9.08. The van der Waals surface area contributed by atoms with Gasteiger partial charge >= 0.3 is 0 Å². The second-order valence-corrected chi connectivity index (χ2v) is 4.65. The molecule has 1 aromatic carbocycles. The summed E-state index contributed by atoms with van der Waals surface area (Å²) in [6, 6.07) is 5.39. The Bertz CT molecular complexity index is 497. The average Bonchev–Trinajstić information content (AvgIpc) is 3.14. The molecule has 0 atom stereocenters. The van der Waals surface area contributed by atoms with Crippen molar-refractivity contribution >= 4 is 23.2 Å². The summed E-state index contributed by atoms with van der Waals surface area (Å²) in [5.41, 5.74) is 12.3. The van der Waals surface area contributed by atoms with Crippen LogP contribution in [0.25, 0.3) is 0 Å². The fourth-order valence-electron chi connectivity index (χ4n) is 1.77. The SMILES string of the molecule is NC(=O)c1cccc(NCCC(=O)NC2CC2)c1N. The number of benzene rings is 1. The summed E-state index contributed by atoms with van der Waals surface area (Å²) in [5, 5.41) is 5.94. The Kier molecular flexibility index (Phi) is 3.89. The molecule has 2 rings (SSSR count). The second kappa shape index (κ2) is 5.60. The van der Waals surface area contributed by atoms with Gasteiger partial charge in [0.15, 0.2) is 0 Å². The molecule has 1 fully saturated rings. The van der Waals surface area contributed by atoms with Gasteiger partial charge in [0.1, 0.15) is 0 Å². The number of carbonyl (C=O) groups excluding carboxylic acids is 2. The van der Waals surface area contributed by atoms with E-state index < -0.39 is 5.91 Å². The maximum absolute atomic E-state index is 11.5. The zero-order chi connectivity index (χ0) is 13.8. The highest BCUT2D eigenvalue weighted by Crippen LogP contribution is 2.22. The van der Waals surface area contributed by atoms with Gasteiger partial charge < -0.3 is 22.1 Å². The van der Waals surface area contributed by atoms with E-state index in [1.165, 1.54) is 0 Å². The van der Waals surface area contributed by atoms with E-state index in [2.05, 4.69) is 10.6 Å². The molecule has 0 aliphatic heterocycles. The largest absolute Gasteiger partial charge is 0.396 e. The number of anilines is 2. The molecule has 0 radical (unpaired) electrons. The smallest absolute Gasteiger partial charge is 0.250 e. The van der Waals surface area contributed by atoms with E-state index in [4.69, 9.17) is 11.5 Å². The van der Waals surface area contributed by atoms with E-state index >= 15 is 0 Å². The Labute approximate surface area is 111 Å². The third kappa shape index (κ3) is 3.61. The van der Waals surface area contributed by atoms with Crippen LogP contribution in [0.4, 0.5) is 11.4 Å². The second-order valence-electron chi connectivity index (χ2n) is 4.65. The molecule has 6 heteroatoms. The molecule has 1 saturated carbocycles. The molecule has 0 saturated heterocycles. The number of primary amides is 1. The van der Waals surface area contributed by atoms with Crippen LogP contribution in [0, 0.1) is 0 Å². The topological polar surface area (TPSA) is 110 Å². The minimum absolute atomic E-state index is 0.0274. The summed E-state index contributed by atoms with van der Waals surface area (Å²) in [4.78, 5) is 22.6. The normalized spacial score (nSPS) is 13.9. The first-order valence-electron chi connectivity index (χ1n) is 6.29. The van der Waals surface area contributed by atoms with Crippen molar-refractivity contribution < 1.29 is 9.59 Å². The third-order valence-corrected chi connectivity index (χ3v) is 2.98. The van der Waals surface area contributed by atoms with E-state index in [0.29, 0.717) is 30.4 Å². The van der Waals surface area contributed by atoms with Crippen LogP contribution < -0.4 is 22.1 Å². The number of nitrogen functional groups attached to an aromatic ring is 1. The summed E-state index contributed by atoms with van der Waals surface area (Å²) in [6.07, 6.45) is 2.52. The maximum Gasteiger partial charge on any atom is 0.250 e. The summed E-state index contributed by atoms with van der Waals surface area (Å²) in [6.45, 7) is 0.463. The molecule has 0 spiro atoms. The number of carbonyl (C=O) groups is 2. The minimum Gasteiger partial charge on any atom is -0.396 e. The summed E-state index contributed by atoms with van der Waals surface area (Å²) < 4.78 is 0. The molecular formula is C13H18N4O2. The lowest BCUT2D eigenvalue weighted by atomic mass is 10.1. The molecule has 1 aliphatic rings. The van der Waals surface area contributed by atoms with Crippen LogP contribution in [0.2, 0.25) is 0 Å². The molecular weight excluding hydrogens is 244 g/mol. The van der Waals surface area contributed by atoms with Crippen molar-refractivity contribution in [3.63, 3.8) is 0 Å². The fraction of sp³-hybridized carbons (Fsp3) is 0.385. The molecule has 0 unspecified atom stereocenters. The van der Waals surface area contributed by atoms with Crippen molar-refractivity contribution in [2.24, 2.45) is 5.73 Å². The van der Waals surface area contributed by atoms with Crippen LogP contribution in [-0.4, -0.2) is 24.4 Å². The first-order valence-corrected chi connectivity index (χ1v) is 6.29. The zero-order valence-corrected chi connectivity index (χ0v) is 10.6. The van der Waals surface area contributed by atoms with Gasteiger partial charge in [-0.25, -0.2) is 0 Å². The molecule has 19 heavy (non-hydrogen) atoms. The van der Waals surface area contributed by atoms with Crippen molar-refractivity contribution in [1.82, 2.24) is 5.32 Å². The van der Waals surface area contributed by atoms with E-state index in [1.807, 2.05) is 0 Å². The van der Waals surface area contributed by atoms with E-state index in [1.54, 1.807) is 18.2 Å². The highest BCUT2D eigenvalue weighted by atomic mass is 16.2. The molecule has 102 valence electrons. The van der Waals surface area contributed by atoms with Gasteiger partial charge in [-0.05, 0) is 25.0 Å². The fourth-order valence-corrected chi connectivity index (χ4v) is 1.77. The quantitative estimate of drug-likeness (QED) is 0.558. The van der Waals surface area contributed by atoms with Gasteiger partial charge in [-0.1, -0.05) is 6.07 Å². The number of rotatable bonds is 6. The van der Waals surface area contributed by atoms with Crippen molar-refractivity contribution in [3.8, 4) is 0 Å². The van der Waals surface area contributed by atoms with Crippen LogP contribution in [0.1, 0.15) is 29.6 Å². The Morgan fingerprint density at radius 3 is 2.68 bits per heavy atom. The summed E-state index contributed by atoms with van der Waals surface area (Å²) >= 11 is 0. The van der Waals surface area contributed by atoms with Crippen LogP contribution in [-0.2, 0) is 4.79 Å². The number of nitrogens with two attached hydrogens (primary N) is 2. The number of amides is 2.